The first-order valence-electron chi connectivity index (χ1n) is 7.70. The molecule has 26 heavy (non-hydrogen) atoms. The lowest BCUT2D eigenvalue weighted by atomic mass is 10.1. The van der Waals surface area contributed by atoms with Crippen molar-refractivity contribution in [2.24, 2.45) is 0 Å². The molecule has 1 saturated heterocycles. The Bertz CT molecular complexity index is 782. The standard InChI is InChI=1S/C16H16Cl2N2O6/c1-7(14(22)20-4-2-3-12(20)16(25)26)19-13(21)8-5-10(17)11(18)6-9(8)15(23)24/h5-7,12H,2-4H2,1H3,(H,19,21)(H,23,24)(H,25,26)/t7-,12-/m0/s1. The number of nitrogens with zero attached hydrogens (tertiary/aromatic N) is 1. The van der Waals surface area contributed by atoms with E-state index in [1.165, 1.54) is 11.8 Å². The lowest BCUT2D eigenvalue weighted by Crippen LogP contribution is -2.50. The first-order chi connectivity index (χ1) is 12.1. The molecule has 2 rings (SSSR count). The van der Waals surface area contributed by atoms with E-state index in [1.54, 1.807) is 0 Å². The number of carbonyl (C=O) groups excluding carboxylic acids is 2. The van der Waals surface area contributed by atoms with Gasteiger partial charge >= 0.3 is 11.9 Å². The summed E-state index contributed by atoms with van der Waals surface area (Å²) in [5.74, 6) is -3.86. The fraction of sp³-hybridized carbons (Fsp3) is 0.375. The number of aliphatic carboxylic acids is 1. The van der Waals surface area contributed by atoms with E-state index in [-0.39, 0.29) is 27.7 Å². The van der Waals surface area contributed by atoms with Crippen molar-refractivity contribution in [2.75, 3.05) is 6.54 Å². The van der Waals surface area contributed by atoms with Gasteiger partial charge in [0, 0.05) is 6.54 Å². The van der Waals surface area contributed by atoms with E-state index < -0.39 is 35.8 Å². The number of benzene rings is 1. The van der Waals surface area contributed by atoms with Gasteiger partial charge in [0.25, 0.3) is 5.91 Å². The van der Waals surface area contributed by atoms with E-state index in [9.17, 15) is 24.3 Å². The molecular formula is C16H16Cl2N2O6. The third kappa shape index (κ3) is 4.08. The average molecular weight is 403 g/mol. The highest BCUT2D eigenvalue weighted by molar-refractivity contribution is 6.42. The van der Waals surface area contributed by atoms with Crippen LogP contribution in [0.1, 0.15) is 40.5 Å². The van der Waals surface area contributed by atoms with Gasteiger partial charge in [0.2, 0.25) is 5.91 Å². The minimum absolute atomic E-state index is 0.00807. The SMILES string of the molecule is C[C@H](NC(=O)c1cc(Cl)c(Cl)cc1C(=O)O)C(=O)N1CCC[C@H]1C(=O)O. The minimum Gasteiger partial charge on any atom is -0.480 e. The zero-order chi connectivity index (χ0) is 19.6. The number of amides is 2. The number of hydrogen-bond acceptors (Lipinski definition) is 4. The van der Waals surface area contributed by atoms with Crippen LogP contribution in [0.2, 0.25) is 10.0 Å². The summed E-state index contributed by atoms with van der Waals surface area (Å²) in [6, 6.07) is 0.185. The monoisotopic (exact) mass is 402 g/mol. The predicted octanol–water partition coefficient (Wildman–Crippen LogP) is 1.89. The van der Waals surface area contributed by atoms with Crippen LogP contribution in [0.5, 0.6) is 0 Å². The number of nitrogens with one attached hydrogen (secondary N) is 1. The number of hydrogen-bond donors (Lipinski definition) is 3. The molecule has 1 aliphatic heterocycles. The van der Waals surface area contributed by atoms with Crippen molar-refractivity contribution in [1.82, 2.24) is 10.2 Å². The van der Waals surface area contributed by atoms with Crippen molar-refractivity contribution in [2.45, 2.75) is 31.8 Å². The Kier molecular flexibility index (Phi) is 6.09. The zero-order valence-electron chi connectivity index (χ0n) is 13.7. The third-order valence-electron chi connectivity index (χ3n) is 4.07. The lowest BCUT2D eigenvalue weighted by Gasteiger charge is -2.25. The maximum absolute atomic E-state index is 12.5. The summed E-state index contributed by atoms with van der Waals surface area (Å²) in [6.07, 6.45) is 0.900. The Labute approximate surface area is 158 Å². The van der Waals surface area contributed by atoms with Crippen LogP contribution in [0.25, 0.3) is 0 Å². The van der Waals surface area contributed by atoms with Gasteiger partial charge in [-0.1, -0.05) is 23.2 Å². The maximum atomic E-state index is 12.5. The molecule has 1 aromatic carbocycles. The predicted molar refractivity (Wildman–Crippen MR) is 92.7 cm³/mol. The van der Waals surface area contributed by atoms with Gasteiger partial charge in [-0.25, -0.2) is 9.59 Å². The fourth-order valence-corrected chi connectivity index (χ4v) is 3.11. The normalized spacial score (nSPS) is 17.7. The molecule has 0 unspecified atom stereocenters. The number of carbonyl (C=O) groups is 4. The van der Waals surface area contributed by atoms with Gasteiger partial charge < -0.3 is 20.4 Å². The van der Waals surface area contributed by atoms with Crippen molar-refractivity contribution in [3.63, 3.8) is 0 Å². The number of rotatable bonds is 5. The van der Waals surface area contributed by atoms with Crippen LogP contribution >= 0.6 is 23.2 Å². The molecule has 0 aliphatic carbocycles. The Hall–Kier alpha value is -2.32. The molecule has 2 atom stereocenters. The van der Waals surface area contributed by atoms with Crippen LogP contribution in [-0.4, -0.2) is 57.5 Å². The van der Waals surface area contributed by atoms with Crippen LogP contribution in [-0.2, 0) is 9.59 Å². The van der Waals surface area contributed by atoms with Gasteiger partial charge in [0.05, 0.1) is 21.2 Å². The van der Waals surface area contributed by atoms with Gasteiger partial charge in [-0.05, 0) is 31.9 Å². The molecule has 1 fully saturated rings. The second kappa shape index (κ2) is 7.92. The average Bonchev–Trinajstić information content (AvgIpc) is 3.05. The molecule has 1 aromatic rings. The third-order valence-corrected chi connectivity index (χ3v) is 4.80. The smallest absolute Gasteiger partial charge is 0.336 e. The van der Waals surface area contributed by atoms with Crippen molar-refractivity contribution >= 4 is 47.0 Å². The molecule has 10 heteroatoms. The lowest BCUT2D eigenvalue weighted by molar-refractivity contribution is -0.148. The highest BCUT2D eigenvalue weighted by Crippen LogP contribution is 2.26. The van der Waals surface area contributed by atoms with Gasteiger partial charge in [-0.3, -0.25) is 9.59 Å². The molecule has 140 valence electrons. The van der Waals surface area contributed by atoms with E-state index >= 15 is 0 Å². The Balaban J connectivity index is 2.19. The number of halogens is 2. The quantitative estimate of drug-likeness (QED) is 0.690. The van der Waals surface area contributed by atoms with Gasteiger partial charge in [-0.2, -0.15) is 0 Å². The molecule has 0 bridgehead atoms. The van der Waals surface area contributed by atoms with E-state index in [1.807, 2.05) is 0 Å². The summed E-state index contributed by atoms with van der Waals surface area (Å²) in [7, 11) is 0. The second-order valence-electron chi connectivity index (χ2n) is 5.84. The molecule has 0 spiro atoms. The fourth-order valence-electron chi connectivity index (χ4n) is 2.78. The molecule has 3 N–H and O–H groups in total. The Morgan fingerprint density at radius 1 is 1.15 bits per heavy atom. The van der Waals surface area contributed by atoms with Crippen molar-refractivity contribution in [3.05, 3.63) is 33.3 Å². The van der Waals surface area contributed by atoms with Gasteiger partial charge in [0.15, 0.2) is 0 Å². The molecule has 0 aromatic heterocycles. The number of likely N-dealkylation sites (tertiary alicyclic amines) is 1. The van der Waals surface area contributed by atoms with Crippen LogP contribution in [0.15, 0.2) is 12.1 Å². The second-order valence-corrected chi connectivity index (χ2v) is 6.65. The van der Waals surface area contributed by atoms with E-state index in [0.29, 0.717) is 12.8 Å². The number of carboxylic acids is 2. The van der Waals surface area contributed by atoms with Gasteiger partial charge in [0.1, 0.15) is 12.1 Å². The topological polar surface area (TPSA) is 124 Å². The summed E-state index contributed by atoms with van der Waals surface area (Å²) in [5, 5.41) is 20.7. The Morgan fingerprint density at radius 2 is 1.73 bits per heavy atom. The highest BCUT2D eigenvalue weighted by atomic mass is 35.5. The molecule has 1 aliphatic rings. The highest BCUT2D eigenvalue weighted by Gasteiger charge is 2.36. The molecule has 2 amide bonds. The number of aromatic carboxylic acids is 1. The maximum Gasteiger partial charge on any atom is 0.336 e. The summed E-state index contributed by atoms with van der Waals surface area (Å²) >= 11 is 11.6. The zero-order valence-corrected chi connectivity index (χ0v) is 15.2. The van der Waals surface area contributed by atoms with Crippen LogP contribution in [0.4, 0.5) is 0 Å². The van der Waals surface area contributed by atoms with Crippen LogP contribution in [0, 0.1) is 0 Å². The summed E-state index contributed by atoms with van der Waals surface area (Å²) < 4.78 is 0. The molecule has 0 radical (unpaired) electrons. The summed E-state index contributed by atoms with van der Waals surface area (Å²) in [5.41, 5.74) is -0.608. The summed E-state index contributed by atoms with van der Waals surface area (Å²) in [6.45, 7) is 1.68. The number of carboxylic acid groups (broad SMARTS) is 2. The Morgan fingerprint density at radius 3 is 2.27 bits per heavy atom. The van der Waals surface area contributed by atoms with Crippen LogP contribution < -0.4 is 5.32 Å². The van der Waals surface area contributed by atoms with Crippen LogP contribution in [0.3, 0.4) is 0 Å². The molecule has 0 saturated carbocycles. The molecule has 1 heterocycles. The largest absolute Gasteiger partial charge is 0.480 e. The van der Waals surface area contributed by atoms with E-state index in [4.69, 9.17) is 28.3 Å². The van der Waals surface area contributed by atoms with Crippen molar-refractivity contribution in [1.29, 1.82) is 0 Å². The summed E-state index contributed by atoms with van der Waals surface area (Å²) in [4.78, 5) is 48.6. The van der Waals surface area contributed by atoms with Gasteiger partial charge in [-0.15, -0.1) is 0 Å². The van der Waals surface area contributed by atoms with Crippen molar-refractivity contribution in [3.8, 4) is 0 Å². The van der Waals surface area contributed by atoms with Crippen molar-refractivity contribution < 1.29 is 29.4 Å². The van der Waals surface area contributed by atoms with E-state index in [2.05, 4.69) is 5.32 Å². The van der Waals surface area contributed by atoms with E-state index in [0.717, 1.165) is 12.1 Å². The first kappa shape index (κ1) is 20.0. The first-order valence-corrected chi connectivity index (χ1v) is 8.45. The molecular weight excluding hydrogens is 387 g/mol. The minimum atomic E-state index is -1.38. The molecule has 8 nitrogen and oxygen atoms in total.